The molecule has 158 valence electrons. The third kappa shape index (κ3) is 3.59. The van der Waals surface area contributed by atoms with Crippen molar-refractivity contribution in [1.82, 2.24) is 9.80 Å². The van der Waals surface area contributed by atoms with Gasteiger partial charge < -0.3 is 14.5 Å². The second kappa shape index (κ2) is 8.33. The first-order valence-electron chi connectivity index (χ1n) is 11.8. The van der Waals surface area contributed by atoms with Crippen molar-refractivity contribution in [2.24, 2.45) is 11.8 Å². The highest BCUT2D eigenvalue weighted by molar-refractivity contribution is 5.91. The number of hydrogen-bond donors (Lipinski definition) is 0. The summed E-state index contributed by atoms with van der Waals surface area (Å²) in [6.45, 7) is 6.58. The Balaban J connectivity index is 1.39. The molecule has 0 aromatic rings. The molecule has 28 heavy (non-hydrogen) atoms. The summed E-state index contributed by atoms with van der Waals surface area (Å²) < 4.78 is 6.19. The molecule has 2 saturated carbocycles. The first-order chi connectivity index (χ1) is 13.6. The predicted octanol–water partition coefficient (Wildman–Crippen LogP) is 3.75. The van der Waals surface area contributed by atoms with Crippen molar-refractivity contribution >= 4 is 11.8 Å². The Bertz CT molecular complexity index is 570. The molecule has 2 aliphatic carbocycles. The van der Waals surface area contributed by atoms with Crippen LogP contribution in [-0.2, 0) is 14.3 Å². The number of amides is 2. The van der Waals surface area contributed by atoms with Gasteiger partial charge >= 0.3 is 0 Å². The van der Waals surface area contributed by atoms with Gasteiger partial charge in [0.05, 0.1) is 12.1 Å². The largest absolute Gasteiger partial charge is 0.366 e. The molecule has 1 atom stereocenters. The van der Waals surface area contributed by atoms with E-state index >= 15 is 0 Å². The van der Waals surface area contributed by atoms with Crippen LogP contribution in [0.1, 0.15) is 84.5 Å². The summed E-state index contributed by atoms with van der Waals surface area (Å²) in [7, 11) is 0. The first kappa shape index (κ1) is 20.2. The van der Waals surface area contributed by atoms with E-state index in [1.165, 1.54) is 32.1 Å². The van der Waals surface area contributed by atoms with Gasteiger partial charge in [0.15, 0.2) is 6.10 Å². The molecule has 2 heterocycles. The van der Waals surface area contributed by atoms with E-state index in [0.717, 1.165) is 58.2 Å². The van der Waals surface area contributed by atoms with Crippen LogP contribution in [0.5, 0.6) is 0 Å². The summed E-state index contributed by atoms with van der Waals surface area (Å²) in [5.74, 6) is 1.40. The van der Waals surface area contributed by atoms with Crippen LogP contribution in [0.2, 0.25) is 0 Å². The van der Waals surface area contributed by atoms with Gasteiger partial charge in [0.25, 0.3) is 5.91 Å². The lowest BCUT2D eigenvalue weighted by molar-refractivity contribution is -0.211. The Labute approximate surface area is 170 Å². The summed E-state index contributed by atoms with van der Waals surface area (Å²) >= 11 is 0. The molecule has 4 rings (SSSR count). The van der Waals surface area contributed by atoms with Crippen LogP contribution >= 0.6 is 0 Å². The molecule has 5 heteroatoms. The summed E-state index contributed by atoms with van der Waals surface area (Å²) in [6, 6.07) is 0.289. The number of rotatable bonds is 7. The molecule has 1 spiro atoms. The molecule has 1 unspecified atom stereocenters. The van der Waals surface area contributed by atoms with Crippen LogP contribution < -0.4 is 0 Å². The lowest BCUT2D eigenvalue weighted by Crippen LogP contribution is -2.78. The van der Waals surface area contributed by atoms with Gasteiger partial charge in [-0.1, -0.05) is 33.1 Å². The molecule has 0 aromatic heterocycles. The number of hydrogen-bond acceptors (Lipinski definition) is 3. The average molecular weight is 391 g/mol. The molecular formula is C23H38N2O3. The Hall–Kier alpha value is -1.10. The number of β-lactam (4-membered cyclic amide) rings is 1. The van der Waals surface area contributed by atoms with Crippen LogP contribution in [0.15, 0.2) is 0 Å². The molecule has 5 nitrogen and oxygen atoms in total. The molecule has 0 aromatic carbocycles. The van der Waals surface area contributed by atoms with Crippen molar-refractivity contribution in [3.05, 3.63) is 0 Å². The summed E-state index contributed by atoms with van der Waals surface area (Å²) in [6.07, 6.45) is 11.9. The van der Waals surface area contributed by atoms with Crippen molar-refractivity contribution in [1.29, 1.82) is 0 Å². The Kier molecular flexibility index (Phi) is 6.01. The van der Waals surface area contributed by atoms with Gasteiger partial charge in [-0.2, -0.15) is 0 Å². The molecule has 4 aliphatic rings. The zero-order valence-corrected chi connectivity index (χ0v) is 17.8. The second-order valence-electron chi connectivity index (χ2n) is 9.60. The summed E-state index contributed by atoms with van der Waals surface area (Å²) in [5, 5.41) is 0. The van der Waals surface area contributed by atoms with E-state index in [1.54, 1.807) is 0 Å². The van der Waals surface area contributed by atoms with E-state index in [1.807, 2.05) is 4.90 Å². The molecule has 0 bridgehead atoms. The minimum absolute atomic E-state index is 0.0452. The van der Waals surface area contributed by atoms with Crippen LogP contribution in [0, 0.1) is 11.8 Å². The fourth-order valence-corrected chi connectivity index (χ4v) is 5.83. The van der Waals surface area contributed by atoms with E-state index in [2.05, 4.69) is 18.7 Å². The maximum Gasteiger partial charge on any atom is 0.254 e. The predicted molar refractivity (Wildman–Crippen MR) is 109 cm³/mol. The topological polar surface area (TPSA) is 49.9 Å². The normalized spacial score (nSPS) is 28.1. The first-order valence-corrected chi connectivity index (χ1v) is 11.8. The van der Waals surface area contributed by atoms with Crippen molar-refractivity contribution < 1.29 is 14.3 Å². The van der Waals surface area contributed by atoms with E-state index in [-0.39, 0.29) is 29.5 Å². The summed E-state index contributed by atoms with van der Waals surface area (Å²) in [4.78, 5) is 30.1. The molecule has 0 radical (unpaired) electrons. The van der Waals surface area contributed by atoms with E-state index in [0.29, 0.717) is 11.8 Å². The molecule has 0 N–H and O–H groups in total. The van der Waals surface area contributed by atoms with Gasteiger partial charge in [-0.25, -0.2) is 0 Å². The highest BCUT2D eigenvalue weighted by atomic mass is 16.5. The van der Waals surface area contributed by atoms with Crippen molar-refractivity contribution in [2.75, 3.05) is 19.7 Å². The molecular weight excluding hydrogens is 352 g/mol. The fraction of sp³-hybridized carbons (Fsp3) is 0.913. The maximum atomic E-state index is 13.1. The highest BCUT2D eigenvalue weighted by Crippen LogP contribution is 2.48. The highest BCUT2D eigenvalue weighted by Gasteiger charge is 2.62. The molecule has 2 amide bonds. The Morgan fingerprint density at radius 1 is 1.07 bits per heavy atom. The van der Waals surface area contributed by atoms with Crippen molar-refractivity contribution in [3.8, 4) is 0 Å². The average Bonchev–Trinajstić information content (AvgIpc) is 3.55. The van der Waals surface area contributed by atoms with E-state index < -0.39 is 0 Å². The van der Waals surface area contributed by atoms with Crippen molar-refractivity contribution in [2.45, 2.75) is 102 Å². The third-order valence-corrected chi connectivity index (χ3v) is 7.82. The monoisotopic (exact) mass is 390 g/mol. The van der Waals surface area contributed by atoms with E-state index in [9.17, 15) is 9.59 Å². The van der Waals surface area contributed by atoms with Crippen LogP contribution in [-0.4, -0.2) is 59.0 Å². The smallest absolute Gasteiger partial charge is 0.254 e. The minimum Gasteiger partial charge on any atom is -0.366 e. The number of piperidine rings is 1. The number of carbonyl (C=O) groups excluding carboxylic acids is 2. The van der Waals surface area contributed by atoms with Gasteiger partial charge in [0.1, 0.15) is 0 Å². The number of carbonyl (C=O) groups is 2. The molecule has 4 fully saturated rings. The number of nitrogens with zero attached hydrogens (tertiary/aromatic N) is 2. The van der Waals surface area contributed by atoms with Crippen LogP contribution in [0.25, 0.3) is 0 Å². The van der Waals surface area contributed by atoms with Crippen LogP contribution in [0.3, 0.4) is 0 Å². The minimum atomic E-state index is -0.197. The van der Waals surface area contributed by atoms with Crippen LogP contribution in [0.4, 0.5) is 0 Å². The van der Waals surface area contributed by atoms with Crippen molar-refractivity contribution in [3.63, 3.8) is 0 Å². The Morgan fingerprint density at radius 2 is 1.71 bits per heavy atom. The van der Waals surface area contributed by atoms with Gasteiger partial charge in [-0.05, 0) is 57.3 Å². The lowest BCUT2D eigenvalue weighted by atomic mass is 9.68. The zero-order valence-electron chi connectivity index (χ0n) is 17.8. The van der Waals surface area contributed by atoms with Gasteiger partial charge in [0, 0.05) is 25.0 Å². The zero-order chi connectivity index (χ0) is 19.7. The second-order valence-corrected chi connectivity index (χ2v) is 9.60. The number of ether oxygens (including phenoxy) is 1. The lowest BCUT2D eigenvalue weighted by Gasteiger charge is -2.62. The van der Waals surface area contributed by atoms with Gasteiger partial charge in [0.2, 0.25) is 5.91 Å². The third-order valence-electron chi connectivity index (χ3n) is 7.82. The fourth-order valence-electron chi connectivity index (χ4n) is 5.83. The standard InChI is InChI=1S/C23H38N2O3/c1-3-18(4-2)21(26)24-14-10-19(11-15-24)25-22(27)20(28-16-17-8-9-17)23(25)12-6-5-7-13-23/h17-20H,3-16H2,1-2H3. The summed E-state index contributed by atoms with van der Waals surface area (Å²) in [5.41, 5.74) is -0.0452. The van der Waals surface area contributed by atoms with E-state index in [4.69, 9.17) is 4.74 Å². The molecule has 2 saturated heterocycles. The van der Waals surface area contributed by atoms with Gasteiger partial charge in [-0.3, -0.25) is 9.59 Å². The maximum absolute atomic E-state index is 13.1. The SMILES string of the molecule is CCC(CC)C(=O)N1CCC(N2C(=O)C(OCC3CC3)C23CCCCC3)CC1. The quantitative estimate of drug-likeness (QED) is 0.622. The Morgan fingerprint density at radius 3 is 2.29 bits per heavy atom. The molecule has 2 aliphatic heterocycles. The number of likely N-dealkylation sites (tertiary alicyclic amines) is 2. The van der Waals surface area contributed by atoms with Gasteiger partial charge in [-0.15, -0.1) is 0 Å².